The Labute approximate surface area is 128 Å². The molecule has 1 aliphatic carbocycles. The summed E-state index contributed by atoms with van der Waals surface area (Å²) >= 11 is 0. The van der Waals surface area contributed by atoms with Gasteiger partial charge in [-0.2, -0.15) is 0 Å². The minimum Gasteiger partial charge on any atom is -0.475 e. The number of hydrogen-bond acceptors (Lipinski definition) is 2. The molecule has 0 amide bonds. The van der Waals surface area contributed by atoms with E-state index >= 15 is 0 Å². The van der Waals surface area contributed by atoms with Crippen molar-refractivity contribution in [1.29, 1.82) is 0 Å². The number of carbonyl (C=O) groups is 2. The number of carbonyl (C=O) groups excluding carboxylic acids is 1. The Morgan fingerprint density at radius 2 is 1.67 bits per heavy atom. The summed E-state index contributed by atoms with van der Waals surface area (Å²) in [6.07, 6.45) is 11.3. The van der Waals surface area contributed by atoms with Crippen LogP contribution in [-0.4, -0.2) is 16.9 Å². The Morgan fingerprint density at radius 3 is 2.19 bits per heavy atom. The smallest absolute Gasteiger partial charge is 0.372 e. The molecule has 1 aliphatic rings. The lowest BCUT2D eigenvalue weighted by atomic mass is 9.68. The molecule has 21 heavy (non-hydrogen) atoms. The molecule has 1 saturated carbocycles. The minimum absolute atomic E-state index is 0.582. The molecular weight excluding hydrogens is 264 g/mol. The summed E-state index contributed by atoms with van der Waals surface area (Å²) in [5, 5.41) is 9.09. The first-order valence-corrected chi connectivity index (χ1v) is 7.94. The first-order valence-electron chi connectivity index (χ1n) is 7.94. The zero-order valence-corrected chi connectivity index (χ0v) is 13.6. The van der Waals surface area contributed by atoms with Crippen molar-refractivity contribution in [2.75, 3.05) is 0 Å². The summed E-state index contributed by atoms with van der Waals surface area (Å²) in [5.41, 5.74) is 1.91. The molecule has 0 atom stereocenters. The van der Waals surface area contributed by atoms with Gasteiger partial charge in [0.2, 0.25) is 5.78 Å². The van der Waals surface area contributed by atoms with E-state index in [-0.39, 0.29) is 0 Å². The van der Waals surface area contributed by atoms with Gasteiger partial charge in [0, 0.05) is 5.41 Å². The highest BCUT2D eigenvalue weighted by atomic mass is 16.4. The molecule has 3 heteroatoms. The first kappa shape index (κ1) is 17.7. The number of aliphatic carboxylic acids is 1. The summed E-state index contributed by atoms with van der Waals surface area (Å²) in [5.74, 6) is -1.86. The second-order valence-corrected chi connectivity index (χ2v) is 6.55. The van der Waals surface area contributed by atoms with Gasteiger partial charge in [-0.15, -0.1) is 0 Å². The maximum atomic E-state index is 12.1. The quantitative estimate of drug-likeness (QED) is 0.548. The van der Waals surface area contributed by atoms with Gasteiger partial charge in [0.15, 0.2) is 0 Å². The van der Waals surface area contributed by atoms with Crippen LogP contribution < -0.4 is 0 Å². The van der Waals surface area contributed by atoms with Gasteiger partial charge in [-0.05, 0) is 52.9 Å². The fourth-order valence-corrected chi connectivity index (χ4v) is 3.04. The molecule has 1 fully saturated rings. The zero-order valence-electron chi connectivity index (χ0n) is 13.6. The van der Waals surface area contributed by atoms with Gasteiger partial charge in [-0.3, -0.25) is 4.79 Å². The van der Waals surface area contributed by atoms with E-state index in [2.05, 4.69) is 32.9 Å². The maximum Gasteiger partial charge on any atom is 0.372 e. The first-order chi connectivity index (χ1) is 9.87. The van der Waals surface area contributed by atoms with Crippen LogP contribution in [0.4, 0.5) is 0 Å². The number of ketones is 1. The lowest BCUT2D eigenvalue weighted by Gasteiger charge is -2.33. The van der Waals surface area contributed by atoms with Crippen molar-refractivity contribution in [3.05, 3.63) is 23.3 Å². The standard InChI is InChI=1S/C18H28O3/c1-14(2)8-7-9-15(3)10-13-18(16(19)17(20)21)11-5-4-6-12-18/h8,10H,4-7,9,11-13H2,1-3H3,(H,20,21). The molecule has 0 saturated heterocycles. The van der Waals surface area contributed by atoms with Gasteiger partial charge in [0.1, 0.15) is 0 Å². The molecule has 0 aliphatic heterocycles. The zero-order chi connectivity index (χ0) is 15.9. The van der Waals surface area contributed by atoms with Crippen LogP contribution in [0.2, 0.25) is 0 Å². The highest BCUT2D eigenvalue weighted by molar-refractivity contribution is 6.34. The molecule has 0 aromatic heterocycles. The summed E-state index contributed by atoms with van der Waals surface area (Å²) in [6, 6.07) is 0. The number of carboxylic acid groups (broad SMARTS) is 1. The highest BCUT2D eigenvalue weighted by Crippen LogP contribution is 2.41. The number of hydrogen-bond donors (Lipinski definition) is 1. The molecule has 0 aromatic carbocycles. The van der Waals surface area contributed by atoms with Crippen LogP contribution in [0, 0.1) is 5.41 Å². The van der Waals surface area contributed by atoms with Crippen molar-refractivity contribution in [3.8, 4) is 0 Å². The number of carboxylic acids is 1. The summed E-state index contributed by atoms with van der Waals surface area (Å²) in [7, 11) is 0. The number of allylic oxidation sites excluding steroid dienone is 4. The average Bonchev–Trinajstić information content (AvgIpc) is 2.45. The summed E-state index contributed by atoms with van der Waals surface area (Å²) in [6.45, 7) is 6.24. The molecule has 0 radical (unpaired) electrons. The maximum absolute atomic E-state index is 12.1. The fraction of sp³-hybridized carbons (Fsp3) is 0.667. The Bertz CT molecular complexity index is 433. The van der Waals surface area contributed by atoms with E-state index in [0.717, 1.165) is 44.9 Å². The van der Waals surface area contributed by atoms with Crippen LogP contribution in [0.3, 0.4) is 0 Å². The molecule has 1 rings (SSSR count). The second kappa shape index (κ2) is 8.16. The molecular formula is C18H28O3. The van der Waals surface area contributed by atoms with Crippen molar-refractivity contribution < 1.29 is 14.7 Å². The third kappa shape index (κ3) is 5.49. The predicted octanol–water partition coefficient (Wildman–Crippen LogP) is 4.67. The summed E-state index contributed by atoms with van der Waals surface area (Å²) in [4.78, 5) is 23.2. The van der Waals surface area contributed by atoms with Gasteiger partial charge in [0.25, 0.3) is 0 Å². The monoisotopic (exact) mass is 292 g/mol. The minimum atomic E-state index is -1.27. The van der Waals surface area contributed by atoms with Crippen molar-refractivity contribution >= 4 is 11.8 Å². The predicted molar refractivity (Wildman–Crippen MR) is 85.2 cm³/mol. The Balaban J connectivity index is 2.71. The Hall–Kier alpha value is -1.38. The van der Waals surface area contributed by atoms with Crippen LogP contribution in [0.15, 0.2) is 23.3 Å². The van der Waals surface area contributed by atoms with E-state index in [1.54, 1.807) is 0 Å². The van der Waals surface area contributed by atoms with E-state index in [1.165, 1.54) is 11.1 Å². The molecule has 0 bridgehead atoms. The number of rotatable bonds is 7. The van der Waals surface area contributed by atoms with Gasteiger partial charge in [0.05, 0.1) is 0 Å². The fourth-order valence-electron chi connectivity index (χ4n) is 3.04. The van der Waals surface area contributed by atoms with E-state index in [1.807, 2.05) is 0 Å². The molecule has 3 nitrogen and oxygen atoms in total. The van der Waals surface area contributed by atoms with Crippen LogP contribution >= 0.6 is 0 Å². The molecule has 0 heterocycles. The SMILES string of the molecule is CC(C)=CCCC(C)=CCC1(C(=O)C(=O)O)CCCCC1. The second-order valence-electron chi connectivity index (χ2n) is 6.55. The van der Waals surface area contributed by atoms with Gasteiger partial charge < -0.3 is 5.11 Å². The largest absolute Gasteiger partial charge is 0.475 e. The van der Waals surface area contributed by atoms with E-state index in [0.29, 0.717) is 6.42 Å². The molecule has 0 unspecified atom stereocenters. The van der Waals surface area contributed by atoms with Gasteiger partial charge >= 0.3 is 5.97 Å². The molecule has 0 spiro atoms. The van der Waals surface area contributed by atoms with Crippen LogP contribution in [-0.2, 0) is 9.59 Å². The van der Waals surface area contributed by atoms with Gasteiger partial charge in [-0.25, -0.2) is 4.79 Å². The van der Waals surface area contributed by atoms with Crippen LogP contribution in [0.5, 0.6) is 0 Å². The van der Waals surface area contributed by atoms with E-state index in [9.17, 15) is 9.59 Å². The van der Waals surface area contributed by atoms with Crippen LogP contribution in [0.1, 0.15) is 72.1 Å². The van der Waals surface area contributed by atoms with Crippen molar-refractivity contribution in [1.82, 2.24) is 0 Å². The lowest BCUT2D eigenvalue weighted by molar-refractivity contribution is -0.155. The molecule has 118 valence electrons. The van der Waals surface area contributed by atoms with E-state index < -0.39 is 17.2 Å². The normalized spacial score (nSPS) is 18.1. The topological polar surface area (TPSA) is 54.4 Å². The Kier molecular flexibility index (Phi) is 6.86. The van der Waals surface area contributed by atoms with Crippen LogP contribution in [0.25, 0.3) is 0 Å². The summed E-state index contributed by atoms with van der Waals surface area (Å²) < 4.78 is 0. The van der Waals surface area contributed by atoms with Gasteiger partial charge in [-0.1, -0.05) is 42.6 Å². The lowest BCUT2D eigenvalue weighted by Crippen LogP contribution is -2.38. The third-order valence-corrected chi connectivity index (χ3v) is 4.42. The Morgan fingerprint density at radius 1 is 1.05 bits per heavy atom. The molecule has 1 N–H and O–H groups in total. The number of Topliss-reactive ketones (excluding diaryl/α,β-unsaturated/α-hetero) is 1. The van der Waals surface area contributed by atoms with Crippen molar-refractivity contribution in [2.45, 2.75) is 72.1 Å². The molecule has 0 aromatic rings. The average molecular weight is 292 g/mol. The van der Waals surface area contributed by atoms with E-state index in [4.69, 9.17) is 5.11 Å². The third-order valence-electron chi connectivity index (χ3n) is 4.42. The van der Waals surface area contributed by atoms with Crippen molar-refractivity contribution in [2.24, 2.45) is 5.41 Å². The highest BCUT2D eigenvalue weighted by Gasteiger charge is 2.41. The van der Waals surface area contributed by atoms with Crippen molar-refractivity contribution in [3.63, 3.8) is 0 Å².